The van der Waals surface area contributed by atoms with Crippen LogP contribution in [-0.2, 0) is 0 Å². The molecule has 0 aromatic heterocycles. The molecule has 2 unspecified atom stereocenters. The van der Waals surface area contributed by atoms with Crippen LogP contribution in [0.1, 0.15) is 25.7 Å². The van der Waals surface area contributed by atoms with Gasteiger partial charge in [0.15, 0.2) is 0 Å². The topological polar surface area (TPSA) is 24.7 Å². The third kappa shape index (κ3) is 0.867. The molecule has 4 atom stereocenters. The van der Waals surface area contributed by atoms with Gasteiger partial charge in [-0.25, -0.2) is 0 Å². The van der Waals surface area contributed by atoms with E-state index >= 15 is 0 Å². The van der Waals surface area contributed by atoms with E-state index in [0.717, 1.165) is 24.9 Å². The number of hydrogen-bond acceptors (Lipinski definition) is 1. The first-order chi connectivity index (χ1) is 4.77. The molecule has 10 heavy (non-hydrogen) atoms. The van der Waals surface area contributed by atoms with E-state index in [4.69, 9.17) is 0 Å². The molecule has 0 radical (unpaired) electrons. The number of nitrogens with one attached hydrogen (secondary N) is 1. The van der Waals surface area contributed by atoms with Crippen molar-refractivity contribution in [2.75, 3.05) is 7.05 Å². The Labute approximate surface area is 61.8 Å². The second-order valence-electron chi connectivity index (χ2n) is 3.84. The van der Waals surface area contributed by atoms with Gasteiger partial charge in [0.25, 0.3) is 0 Å². The van der Waals surface area contributed by atoms with Gasteiger partial charge >= 0.3 is 0 Å². The summed E-state index contributed by atoms with van der Waals surface area (Å²) < 4.78 is 0. The first kappa shape index (κ1) is 6.62. The fourth-order valence-electron chi connectivity index (χ4n) is 2.55. The molecule has 2 bridgehead atoms. The maximum Gasteiger partial charge on any atom is 0.0902 e. The largest absolute Gasteiger partial charge is 0.393 e. The standard InChI is InChI=1S/C8H15NO/c1-9-6-2-3-7(9)5-8(10)4-6/h6-8,10H,2-5H2,1H3/p+1/t6-,7+,8?. The minimum absolute atomic E-state index is 0.0150. The van der Waals surface area contributed by atoms with Gasteiger partial charge in [0.05, 0.1) is 25.2 Å². The van der Waals surface area contributed by atoms with Crippen LogP contribution in [0.2, 0.25) is 0 Å². The van der Waals surface area contributed by atoms with Crippen molar-refractivity contribution < 1.29 is 10.0 Å². The third-order valence-electron chi connectivity index (χ3n) is 3.26. The van der Waals surface area contributed by atoms with E-state index in [9.17, 15) is 5.11 Å². The van der Waals surface area contributed by atoms with Crippen LogP contribution in [0.5, 0.6) is 0 Å². The fourth-order valence-corrected chi connectivity index (χ4v) is 2.55. The van der Waals surface area contributed by atoms with Crippen molar-refractivity contribution in [3.63, 3.8) is 0 Å². The Morgan fingerprint density at radius 2 is 1.70 bits per heavy atom. The fraction of sp³-hybridized carbons (Fsp3) is 1.00. The quantitative estimate of drug-likeness (QED) is 0.454. The van der Waals surface area contributed by atoms with E-state index in [1.807, 2.05) is 0 Å². The normalized spacial score (nSPS) is 53.4. The average Bonchev–Trinajstić information content (AvgIpc) is 2.20. The van der Waals surface area contributed by atoms with E-state index < -0.39 is 0 Å². The highest BCUT2D eigenvalue weighted by Crippen LogP contribution is 2.21. The summed E-state index contributed by atoms with van der Waals surface area (Å²) >= 11 is 0. The lowest BCUT2D eigenvalue weighted by atomic mass is 10.0. The van der Waals surface area contributed by atoms with Crippen molar-refractivity contribution >= 4 is 0 Å². The van der Waals surface area contributed by atoms with E-state index in [1.165, 1.54) is 12.8 Å². The van der Waals surface area contributed by atoms with Crippen molar-refractivity contribution in [2.24, 2.45) is 0 Å². The highest BCUT2D eigenvalue weighted by atomic mass is 16.3. The first-order valence-electron chi connectivity index (χ1n) is 4.29. The maximum absolute atomic E-state index is 9.39. The minimum atomic E-state index is 0.0150. The molecule has 2 heterocycles. The van der Waals surface area contributed by atoms with E-state index in [2.05, 4.69) is 7.05 Å². The number of aliphatic hydroxyl groups is 1. The number of aliphatic hydroxyl groups excluding tert-OH is 1. The Bertz CT molecular complexity index is 123. The lowest BCUT2D eigenvalue weighted by Crippen LogP contribution is -3.15. The first-order valence-corrected chi connectivity index (χ1v) is 4.29. The lowest BCUT2D eigenvalue weighted by Gasteiger charge is -2.30. The van der Waals surface area contributed by atoms with Gasteiger partial charge in [-0.15, -0.1) is 0 Å². The van der Waals surface area contributed by atoms with Gasteiger partial charge in [-0.05, 0) is 0 Å². The smallest absolute Gasteiger partial charge is 0.0902 e. The molecule has 2 heteroatoms. The molecule has 58 valence electrons. The molecule has 0 aliphatic carbocycles. The molecule has 0 spiro atoms. The molecule has 2 fully saturated rings. The molecule has 0 saturated carbocycles. The number of piperidine rings is 1. The van der Waals surface area contributed by atoms with Crippen molar-refractivity contribution in [3.8, 4) is 0 Å². The van der Waals surface area contributed by atoms with Crippen LogP contribution in [0.15, 0.2) is 0 Å². The number of hydrogen-bond donors (Lipinski definition) is 2. The molecule has 2 aliphatic rings. The predicted molar refractivity (Wildman–Crippen MR) is 38.9 cm³/mol. The molecule has 2 aliphatic heterocycles. The van der Waals surface area contributed by atoms with Crippen LogP contribution < -0.4 is 4.90 Å². The van der Waals surface area contributed by atoms with Crippen LogP contribution in [0.4, 0.5) is 0 Å². The van der Waals surface area contributed by atoms with Gasteiger partial charge < -0.3 is 10.0 Å². The predicted octanol–water partition coefficient (Wildman–Crippen LogP) is -0.813. The summed E-state index contributed by atoms with van der Waals surface area (Å²) in [5.74, 6) is 0. The zero-order valence-electron chi connectivity index (χ0n) is 6.51. The Morgan fingerprint density at radius 1 is 1.20 bits per heavy atom. The van der Waals surface area contributed by atoms with Crippen molar-refractivity contribution in [1.82, 2.24) is 0 Å². The highest BCUT2D eigenvalue weighted by molar-refractivity contribution is 4.81. The average molecular weight is 142 g/mol. The summed E-state index contributed by atoms with van der Waals surface area (Å²) in [5.41, 5.74) is 0. The van der Waals surface area contributed by atoms with Crippen LogP contribution in [0, 0.1) is 0 Å². The van der Waals surface area contributed by atoms with Crippen LogP contribution in [0.3, 0.4) is 0 Å². The second kappa shape index (κ2) is 2.21. The summed E-state index contributed by atoms with van der Waals surface area (Å²) in [5, 5.41) is 9.39. The zero-order chi connectivity index (χ0) is 7.14. The van der Waals surface area contributed by atoms with Gasteiger partial charge in [0.1, 0.15) is 0 Å². The zero-order valence-corrected chi connectivity index (χ0v) is 6.51. The molecular weight excluding hydrogens is 126 g/mol. The summed E-state index contributed by atoms with van der Waals surface area (Å²) in [7, 11) is 2.27. The van der Waals surface area contributed by atoms with Gasteiger partial charge in [-0.3, -0.25) is 0 Å². The van der Waals surface area contributed by atoms with E-state index in [1.54, 1.807) is 4.90 Å². The molecule has 0 aromatic carbocycles. The molecule has 2 N–H and O–H groups in total. The van der Waals surface area contributed by atoms with Crippen LogP contribution in [0.25, 0.3) is 0 Å². The highest BCUT2D eigenvalue weighted by Gasteiger charge is 2.41. The minimum Gasteiger partial charge on any atom is -0.393 e. The summed E-state index contributed by atoms with van der Waals surface area (Å²) in [4.78, 5) is 1.67. The summed E-state index contributed by atoms with van der Waals surface area (Å²) in [6, 6.07) is 1.54. The molecule has 0 amide bonds. The van der Waals surface area contributed by atoms with Crippen molar-refractivity contribution in [2.45, 2.75) is 43.9 Å². The Balaban J connectivity index is 2.09. The molecule has 2 nitrogen and oxygen atoms in total. The van der Waals surface area contributed by atoms with Gasteiger partial charge in [-0.2, -0.15) is 0 Å². The van der Waals surface area contributed by atoms with Gasteiger partial charge in [0.2, 0.25) is 0 Å². The molecule has 2 saturated heterocycles. The lowest BCUT2D eigenvalue weighted by molar-refractivity contribution is -0.923. The Hall–Kier alpha value is -0.0800. The van der Waals surface area contributed by atoms with E-state index in [0.29, 0.717) is 0 Å². The van der Waals surface area contributed by atoms with Crippen molar-refractivity contribution in [3.05, 3.63) is 0 Å². The van der Waals surface area contributed by atoms with Gasteiger partial charge in [0, 0.05) is 25.7 Å². The number of quaternary nitrogens is 1. The number of rotatable bonds is 0. The molecular formula is C8H16NO+. The van der Waals surface area contributed by atoms with E-state index in [-0.39, 0.29) is 6.10 Å². The monoisotopic (exact) mass is 142 g/mol. The molecule has 0 aromatic rings. The Morgan fingerprint density at radius 3 is 2.20 bits per heavy atom. The van der Waals surface area contributed by atoms with Crippen LogP contribution in [-0.4, -0.2) is 30.3 Å². The van der Waals surface area contributed by atoms with Crippen molar-refractivity contribution in [1.29, 1.82) is 0 Å². The second-order valence-corrected chi connectivity index (χ2v) is 3.84. The molecule has 2 rings (SSSR count). The SMILES string of the molecule is C[NH+]1[C@@H]2CC[C@H]1CC(O)C2. The van der Waals surface area contributed by atoms with Gasteiger partial charge in [-0.1, -0.05) is 0 Å². The Kier molecular flexibility index (Phi) is 1.46. The summed E-state index contributed by atoms with van der Waals surface area (Å²) in [6.45, 7) is 0. The van der Waals surface area contributed by atoms with Crippen LogP contribution >= 0.6 is 0 Å². The number of fused-ring (bicyclic) bond motifs is 2. The third-order valence-corrected chi connectivity index (χ3v) is 3.26. The summed E-state index contributed by atoms with van der Waals surface area (Å²) in [6.07, 6.45) is 4.78. The maximum atomic E-state index is 9.39.